The van der Waals surface area contributed by atoms with Crippen LogP contribution in [0.3, 0.4) is 0 Å². The summed E-state index contributed by atoms with van der Waals surface area (Å²) in [5.41, 5.74) is 6.44. The van der Waals surface area contributed by atoms with Gasteiger partial charge in [-0.15, -0.1) is 11.3 Å². The van der Waals surface area contributed by atoms with E-state index < -0.39 is 0 Å². The normalized spacial score (nSPS) is 9.64. The maximum Gasteiger partial charge on any atom is 0.248 e. The van der Waals surface area contributed by atoms with Crippen LogP contribution in [0.15, 0.2) is 23.8 Å². The lowest BCUT2D eigenvalue weighted by Crippen LogP contribution is -2.06. The van der Waals surface area contributed by atoms with Crippen molar-refractivity contribution < 1.29 is 4.79 Å². The topological polar surface area (TPSA) is 55.1 Å². The Bertz CT molecular complexity index is 351. The number of carbonyl (C=O) groups excluding carboxylic acids is 1. The lowest BCUT2D eigenvalue weighted by atomic mass is 10.3. The maximum atomic E-state index is 11.3. The molecule has 1 aromatic heterocycles. The number of hydrogen-bond donors (Lipinski definition) is 2. The number of amides is 1. The molecule has 3 nitrogen and oxygen atoms in total. The highest BCUT2D eigenvalue weighted by Crippen LogP contribution is 2.21. The van der Waals surface area contributed by atoms with Crippen LogP contribution in [0.2, 0.25) is 0 Å². The molecule has 14 heavy (non-hydrogen) atoms. The molecule has 0 radical (unpaired) electrons. The summed E-state index contributed by atoms with van der Waals surface area (Å²) in [6.07, 6.45) is 1.57. The van der Waals surface area contributed by atoms with Crippen LogP contribution in [0.1, 0.15) is 18.7 Å². The summed E-state index contributed by atoms with van der Waals surface area (Å²) in [4.78, 5) is 12.4. The summed E-state index contributed by atoms with van der Waals surface area (Å²) in [6, 6.07) is 3.78. The largest absolute Gasteiger partial charge is 0.326 e. The maximum absolute atomic E-state index is 11.3. The summed E-state index contributed by atoms with van der Waals surface area (Å²) in [5.74, 6) is -0.0876. The van der Waals surface area contributed by atoms with Crippen molar-refractivity contribution in [2.24, 2.45) is 5.73 Å². The average Bonchev–Trinajstić information content (AvgIpc) is 2.50. The van der Waals surface area contributed by atoms with Crippen LogP contribution < -0.4 is 11.1 Å². The van der Waals surface area contributed by atoms with Gasteiger partial charge in [0.15, 0.2) is 0 Å². The molecule has 0 fully saturated rings. The lowest BCUT2D eigenvalue weighted by Gasteiger charge is -1.97. The minimum Gasteiger partial charge on any atom is -0.326 e. The SMILES string of the molecule is CC(C)=CC(=O)Nc1ccc(CN)s1. The van der Waals surface area contributed by atoms with E-state index in [0.717, 1.165) is 15.5 Å². The molecule has 0 aliphatic rings. The first kappa shape index (κ1) is 10.9. The van der Waals surface area contributed by atoms with Gasteiger partial charge in [-0.25, -0.2) is 0 Å². The molecule has 1 heterocycles. The first-order chi connectivity index (χ1) is 6.61. The van der Waals surface area contributed by atoms with E-state index in [9.17, 15) is 4.79 Å². The Labute approximate surface area is 87.6 Å². The number of nitrogens with one attached hydrogen (secondary N) is 1. The molecular weight excluding hydrogens is 196 g/mol. The van der Waals surface area contributed by atoms with Gasteiger partial charge in [-0.1, -0.05) is 5.57 Å². The van der Waals surface area contributed by atoms with Crippen LogP contribution in [-0.2, 0) is 11.3 Å². The fraction of sp³-hybridized carbons (Fsp3) is 0.300. The zero-order valence-corrected chi connectivity index (χ0v) is 9.15. The molecule has 1 rings (SSSR count). The molecule has 76 valence electrons. The van der Waals surface area contributed by atoms with E-state index in [4.69, 9.17) is 5.73 Å². The van der Waals surface area contributed by atoms with Crippen molar-refractivity contribution in [1.82, 2.24) is 0 Å². The van der Waals surface area contributed by atoms with Crippen LogP contribution in [0, 0.1) is 0 Å². The Morgan fingerprint density at radius 1 is 1.57 bits per heavy atom. The second-order valence-electron chi connectivity index (χ2n) is 3.18. The van der Waals surface area contributed by atoms with Gasteiger partial charge >= 0.3 is 0 Å². The van der Waals surface area contributed by atoms with E-state index in [1.165, 1.54) is 11.3 Å². The molecule has 1 aromatic rings. The van der Waals surface area contributed by atoms with Gasteiger partial charge in [0, 0.05) is 17.5 Å². The van der Waals surface area contributed by atoms with Crippen LogP contribution in [0.4, 0.5) is 5.00 Å². The zero-order valence-electron chi connectivity index (χ0n) is 8.33. The van der Waals surface area contributed by atoms with E-state index in [1.54, 1.807) is 6.08 Å². The van der Waals surface area contributed by atoms with E-state index in [0.29, 0.717) is 6.54 Å². The first-order valence-corrected chi connectivity index (χ1v) is 5.18. The zero-order chi connectivity index (χ0) is 10.6. The number of hydrogen-bond acceptors (Lipinski definition) is 3. The van der Waals surface area contributed by atoms with Crippen LogP contribution in [0.5, 0.6) is 0 Å². The molecule has 1 amide bonds. The third kappa shape index (κ3) is 3.32. The fourth-order valence-electron chi connectivity index (χ4n) is 0.974. The minimum absolute atomic E-state index is 0.0876. The highest BCUT2D eigenvalue weighted by Gasteiger charge is 2.01. The van der Waals surface area contributed by atoms with Crippen molar-refractivity contribution in [3.8, 4) is 0 Å². The Morgan fingerprint density at radius 3 is 2.79 bits per heavy atom. The summed E-state index contributed by atoms with van der Waals surface area (Å²) in [6.45, 7) is 4.29. The van der Waals surface area contributed by atoms with Crippen molar-refractivity contribution in [3.63, 3.8) is 0 Å². The number of carbonyl (C=O) groups is 1. The predicted octanol–water partition coefficient (Wildman–Crippen LogP) is 2.11. The molecule has 0 atom stereocenters. The molecule has 0 bridgehead atoms. The predicted molar refractivity (Wildman–Crippen MR) is 60.3 cm³/mol. The monoisotopic (exact) mass is 210 g/mol. The van der Waals surface area contributed by atoms with Crippen molar-refractivity contribution >= 4 is 22.2 Å². The second-order valence-corrected chi connectivity index (χ2v) is 4.35. The van der Waals surface area contributed by atoms with Gasteiger partial charge in [0.1, 0.15) is 0 Å². The van der Waals surface area contributed by atoms with Gasteiger partial charge in [0.05, 0.1) is 5.00 Å². The number of rotatable bonds is 3. The summed E-state index contributed by atoms with van der Waals surface area (Å²) in [7, 11) is 0. The molecule has 4 heteroatoms. The molecular formula is C10H14N2OS. The number of allylic oxidation sites excluding steroid dienone is 1. The fourth-order valence-corrected chi connectivity index (χ4v) is 1.76. The van der Waals surface area contributed by atoms with Gasteiger partial charge < -0.3 is 11.1 Å². The van der Waals surface area contributed by atoms with Crippen molar-refractivity contribution in [2.45, 2.75) is 20.4 Å². The van der Waals surface area contributed by atoms with Gasteiger partial charge in [-0.2, -0.15) is 0 Å². The Balaban J connectivity index is 2.60. The average molecular weight is 210 g/mol. The summed E-state index contributed by atoms with van der Waals surface area (Å²) >= 11 is 1.50. The van der Waals surface area contributed by atoms with E-state index in [-0.39, 0.29) is 5.91 Å². The minimum atomic E-state index is -0.0876. The Hall–Kier alpha value is -1.13. The Morgan fingerprint density at radius 2 is 2.29 bits per heavy atom. The van der Waals surface area contributed by atoms with Gasteiger partial charge in [0.2, 0.25) is 5.91 Å². The highest BCUT2D eigenvalue weighted by molar-refractivity contribution is 7.16. The van der Waals surface area contributed by atoms with Crippen molar-refractivity contribution in [1.29, 1.82) is 0 Å². The lowest BCUT2D eigenvalue weighted by molar-refractivity contribution is -0.111. The molecule has 0 aromatic carbocycles. The molecule has 0 unspecified atom stereocenters. The van der Waals surface area contributed by atoms with Crippen LogP contribution in [-0.4, -0.2) is 5.91 Å². The van der Waals surface area contributed by atoms with E-state index in [1.807, 2.05) is 26.0 Å². The second kappa shape index (κ2) is 4.93. The molecule has 0 aliphatic heterocycles. The molecule has 0 spiro atoms. The van der Waals surface area contributed by atoms with Crippen LogP contribution in [0.25, 0.3) is 0 Å². The number of anilines is 1. The van der Waals surface area contributed by atoms with Gasteiger partial charge in [-0.3, -0.25) is 4.79 Å². The Kier molecular flexibility index (Phi) is 3.85. The van der Waals surface area contributed by atoms with E-state index in [2.05, 4.69) is 5.32 Å². The third-order valence-electron chi connectivity index (χ3n) is 1.53. The van der Waals surface area contributed by atoms with E-state index >= 15 is 0 Å². The van der Waals surface area contributed by atoms with Gasteiger partial charge in [-0.05, 0) is 26.0 Å². The third-order valence-corrected chi connectivity index (χ3v) is 2.55. The number of nitrogens with two attached hydrogens (primary N) is 1. The number of thiophene rings is 1. The van der Waals surface area contributed by atoms with Crippen molar-refractivity contribution in [3.05, 3.63) is 28.7 Å². The smallest absolute Gasteiger partial charge is 0.248 e. The summed E-state index contributed by atoms with van der Waals surface area (Å²) in [5, 5.41) is 3.62. The summed E-state index contributed by atoms with van der Waals surface area (Å²) < 4.78 is 0. The standard InChI is InChI=1S/C10H14N2OS/c1-7(2)5-9(13)12-10-4-3-8(6-11)14-10/h3-5H,6,11H2,1-2H3,(H,12,13). The molecule has 0 saturated heterocycles. The van der Waals surface area contributed by atoms with Crippen molar-refractivity contribution in [2.75, 3.05) is 5.32 Å². The first-order valence-electron chi connectivity index (χ1n) is 4.36. The highest BCUT2D eigenvalue weighted by atomic mass is 32.1. The quantitative estimate of drug-likeness (QED) is 0.751. The van der Waals surface area contributed by atoms with Crippen LogP contribution >= 0.6 is 11.3 Å². The molecule has 0 aliphatic carbocycles. The molecule has 3 N–H and O–H groups in total. The molecule has 0 saturated carbocycles. The van der Waals surface area contributed by atoms with Gasteiger partial charge in [0.25, 0.3) is 0 Å².